The van der Waals surface area contributed by atoms with Gasteiger partial charge in [0.1, 0.15) is 5.75 Å². The van der Waals surface area contributed by atoms with Crippen molar-refractivity contribution in [3.8, 4) is 5.75 Å². The molecule has 2 N–H and O–H groups in total. The van der Waals surface area contributed by atoms with Crippen molar-refractivity contribution in [2.45, 2.75) is 12.3 Å². The monoisotopic (exact) mass is 342 g/mol. The van der Waals surface area contributed by atoms with Crippen molar-refractivity contribution in [2.24, 2.45) is 5.92 Å². The van der Waals surface area contributed by atoms with Crippen molar-refractivity contribution in [2.75, 3.05) is 17.2 Å². The van der Waals surface area contributed by atoms with E-state index >= 15 is 0 Å². The van der Waals surface area contributed by atoms with Crippen LogP contribution in [0, 0.1) is 5.92 Å². The van der Waals surface area contributed by atoms with Crippen molar-refractivity contribution in [3.63, 3.8) is 0 Å². The summed E-state index contributed by atoms with van der Waals surface area (Å²) in [5.74, 6) is 0.544. The second-order valence-corrected chi connectivity index (χ2v) is 6.48. The quantitative estimate of drug-likeness (QED) is 0.898. The maximum Gasteiger partial charge on any atom is 0.262 e. The van der Waals surface area contributed by atoms with Gasteiger partial charge < -0.3 is 15.4 Å². The predicted octanol–water partition coefficient (Wildman–Crippen LogP) is 3.41. The highest BCUT2D eigenvalue weighted by Gasteiger charge is 2.44. The van der Waals surface area contributed by atoms with Gasteiger partial charge in [-0.2, -0.15) is 0 Å². The summed E-state index contributed by atoms with van der Waals surface area (Å²) in [6, 6.07) is 12.8. The third-order valence-corrected chi connectivity index (χ3v) is 4.52. The van der Waals surface area contributed by atoms with Gasteiger partial charge in [0.15, 0.2) is 6.61 Å². The van der Waals surface area contributed by atoms with Crippen LogP contribution in [0.4, 0.5) is 11.4 Å². The smallest absolute Gasteiger partial charge is 0.262 e. The zero-order valence-electron chi connectivity index (χ0n) is 12.7. The lowest BCUT2D eigenvalue weighted by molar-refractivity contribution is -0.119. The Morgan fingerprint density at radius 3 is 2.96 bits per heavy atom. The molecular formula is C18H15ClN2O3. The van der Waals surface area contributed by atoms with E-state index in [2.05, 4.69) is 10.6 Å². The molecule has 1 heterocycles. The van der Waals surface area contributed by atoms with E-state index in [0.717, 1.165) is 12.0 Å². The minimum Gasteiger partial charge on any atom is -0.482 e. The first-order valence-corrected chi connectivity index (χ1v) is 8.11. The lowest BCUT2D eigenvalue weighted by Gasteiger charge is -2.18. The van der Waals surface area contributed by atoms with Crippen LogP contribution in [0.1, 0.15) is 17.9 Å². The number of ether oxygens (including phenoxy) is 1. The molecular weight excluding hydrogens is 328 g/mol. The van der Waals surface area contributed by atoms with E-state index in [1.807, 2.05) is 24.3 Å². The summed E-state index contributed by atoms with van der Waals surface area (Å²) in [5, 5.41) is 6.32. The Kier molecular flexibility index (Phi) is 3.65. The molecule has 5 nitrogen and oxygen atoms in total. The Morgan fingerprint density at radius 1 is 1.25 bits per heavy atom. The summed E-state index contributed by atoms with van der Waals surface area (Å²) in [6.07, 6.45) is 0.816. The second kappa shape index (κ2) is 5.83. The molecule has 2 unspecified atom stereocenters. The zero-order valence-corrected chi connectivity index (χ0v) is 13.5. The first-order chi connectivity index (χ1) is 11.6. The maximum absolute atomic E-state index is 12.4. The molecule has 2 aromatic carbocycles. The Balaban J connectivity index is 1.44. The number of amides is 2. The molecule has 2 atom stereocenters. The Labute approximate surface area is 144 Å². The molecule has 2 aliphatic rings. The van der Waals surface area contributed by atoms with Gasteiger partial charge in [0.25, 0.3) is 5.91 Å². The average molecular weight is 343 g/mol. The van der Waals surface area contributed by atoms with E-state index in [1.165, 1.54) is 0 Å². The fourth-order valence-corrected chi connectivity index (χ4v) is 3.18. The third kappa shape index (κ3) is 2.95. The van der Waals surface area contributed by atoms with Gasteiger partial charge in [-0.25, -0.2) is 0 Å². The molecule has 0 saturated heterocycles. The third-order valence-electron chi connectivity index (χ3n) is 4.28. The molecule has 0 bridgehead atoms. The van der Waals surface area contributed by atoms with Crippen molar-refractivity contribution < 1.29 is 14.3 Å². The van der Waals surface area contributed by atoms with Crippen LogP contribution >= 0.6 is 11.6 Å². The molecule has 6 heteroatoms. The van der Waals surface area contributed by atoms with Gasteiger partial charge in [0.2, 0.25) is 5.91 Å². The number of carbonyl (C=O) groups excluding carboxylic acids is 2. The first kappa shape index (κ1) is 15.0. The van der Waals surface area contributed by atoms with E-state index in [9.17, 15) is 9.59 Å². The van der Waals surface area contributed by atoms with Gasteiger partial charge in [-0.05, 0) is 48.2 Å². The number of anilines is 2. The van der Waals surface area contributed by atoms with Crippen LogP contribution < -0.4 is 15.4 Å². The number of nitrogens with one attached hydrogen (secondary N) is 2. The van der Waals surface area contributed by atoms with Crippen LogP contribution in [0.5, 0.6) is 5.75 Å². The normalized spacial score (nSPS) is 21.3. The lowest BCUT2D eigenvalue weighted by atomic mass is 10.1. The number of fused-ring (bicyclic) bond motifs is 1. The van der Waals surface area contributed by atoms with Gasteiger partial charge in [0, 0.05) is 16.6 Å². The Morgan fingerprint density at radius 2 is 2.12 bits per heavy atom. The minimum absolute atomic E-state index is 0.0160. The van der Waals surface area contributed by atoms with Crippen molar-refractivity contribution in [1.29, 1.82) is 0 Å². The highest BCUT2D eigenvalue weighted by atomic mass is 35.5. The SMILES string of the molecule is O=C1COc2ccc(NC(=O)C3CC3c3cccc(Cl)c3)cc2N1. The van der Waals surface area contributed by atoms with E-state index < -0.39 is 0 Å². The van der Waals surface area contributed by atoms with E-state index in [-0.39, 0.29) is 30.3 Å². The number of hydrogen-bond acceptors (Lipinski definition) is 3. The van der Waals surface area contributed by atoms with Gasteiger partial charge in [-0.15, -0.1) is 0 Å². The fourth-order valence-electron chi connectivity index (χ4n) is 2.99. The fraction of sp³-hybridized carbons (Fsp3) is 0.222. The molecule has 1 fully saturated rings. The summed E-state index contributed by atoms with van der Waals surface area (Å²) in [5.41, 5.74) is 2.31. The summed E-state index contributed by atoms with van der Waals surface area (Å²) in [6.45, 7) is 0.0160. The number of hydrogen-bond donors (Lipinski definition) is 2. The van der Waals surface area contributed by atoms with Crippen LogP contribution in [-0.4, -0.2) is 18.4 Å². The molecule has 4 rings (SSSR count). The van der Waals surface area contributed by atoms with E-state index in [0.29, 0.717) is 22.1 Å². The topological polar surface area (TPSA) is 67.4 Å². The molecule has 0 radical (unpaired) electrons. The van der Waals surface area contributed by atoms with Crippen LogP contribution in [0.2, 0.25) is 5.02 Å². The lowest BCUT2D eigenvalue weighted by Crippen LogP contribution is -2.25. The summed E-state index contributed by atoms with van der Waals surface area (Å²) < 4.78 is 5.30. The average Bonchev–Trinajstić information content (AvgIpc) is 3.35. The summed E-state index contributed by atoms with van der Waals surface area (Å²) in [4.78, 5) is 23.8. The number of carbonyl (C=O) groups is 2. The second-order valence-electron chi connectivity index (χ2n) is 6.04. The number of halogens is 1. The number of benzene rings is 2. The van der Waals surface area contributed by atoms with Crippen molar-refractivity contribution in [1.82, 2.24) is 0 Å². The Bertz CT molecular complexity index is 837. The molecule has 0 aromatic heterocycles. The molecule has 24 heavy (non-hydrogen) atoms. The first-order valence-electron chi connectivity index (χ1n) is 7.73. The van der Waals surface area contributed by atoms with Gasteiger partial charge in [0.05, 0.1) is 5.69 Å². The standard InChI is InChI=1S/C18H15ClN2O3/c19-11-3-1-2-10(6-11)13-8-14(13)18(23)20-12-4-5-16-15(7-12)21-17(22)9-24-16/h1-7,13-14H,8-9H2,(H,20,23)(H,21,22). The summed E-state index contributed by atoms with van der Waals surface area (Å²) >= 11 is 6.01. The van der Waals surface area contributed by atoms with Gasteiger partial charge in [-0.3, -0.25) is 9.59 Å². The Hall–Kier alpha value is -2.53. The van der Waals surface area contributed by atoms with Crippen LogP contribution in [0.15, 0.2) is 42.5 Å². The number of rotatable bonds is 3. The molecule has 1 aliphatic heterocycles. The van der Waals surface area contributed by atoms with Crippen molar-refractivity contribution in [3.05, 3.63) is 53.1 Å². The predicted molar refractivity (Wildman–Crippen MR) is 91.5 cm³/mol. The molecule has 2 aromatic rings. The van der Waals surface area contributed by atoms with Gasteiger partial charge >= 0.3 is 0 Å². The highest BCUT2D eigenvalue weighted by Crippen LogP contribution is 2.48. The maximum atomic E-state index is 12.4. The van der Waals surface area contributed by atoms with Crippen LogP contribution in [0.3, 0.4) is 0 Å². The zero-order chi connectivity index (χ0) is 16.7. The van der Waals surface area contributed by atoms with E-state index in [4.69, 9.17) is 16.3 Å². The highest BCUT2D eigenvalue weighted by molar-refractivity contribution is 6.30. The minimum atomic E-state index is -0.200. The van der Waals surface area contributed by atoms with Gasteiger partial charge in [-0.1, -0.05) is 23.7 Å². The van der Waals surface area contributed by atoms with Crippen LogP contribution in [-0.2, 0) is 9.59 Å². The molecule has 122 valence electrons. The van der Waals surface area contributed by atoms with E-state index in [1.54, 1.807) is 18.2 Å². The molecule has 1 aliphatic carbocycles. The van der Waals surface area contributed by atoms with Crippen LogP contribution in [0.25, 0.3) is 0 Å². The summed E-state index contributed by atoms with van der Waals surface area (Å²) in [7, 11) is 0. The largest absolute Gasteiger partial charge is 0.482 e. The molecule has 0 spiro atoms. The van der Waals surface area contributed by atoms with Crippen molar-refractivity contribution >= 4 is 34.8 Å². The molecule has 2 amide bonds. The molecule has 1 saturated carbocycles.